The molecular weight excluding hydrogens is 547 g/mol. The second-order valence-electron chi connectivity index (χ2n) is 11.7. The van der Waals surface area contributed by atoms with Crippen LogP contribution in [0.25, 0.3) is 44.3 Å². The van der Waals surface area contributed by atoms with Gasteiger partial charge in [0.2, 0.25) is 5.95 Å². The lowest BCUT2D eigenvalue weighted by molar-refractivity contribution is -0.0612. The Morgan fingerprint density at radius 1 is 1.14 bits per heavy atom. The van der Waals surface area contributed by atoms with Gasteiger partial charge in [-0.1, -0.05) is 24.3 Å². The van der Waals surface area contributed by atoms with E-state index >= 15 is 4.39 Å². The van der Waals surface area contributed by atoms with E-state index in [4.69, 9.17) is 10.5 Å². The zero-order chi connectivity index (χ0) is 29.2. The van der Waals surface area contributed by atoms with E-state index < -0.39 is 11.4 Å². The van der Waals surface area contributed by atoms with Gasteiger partial charge in [0.1, 0.15) is 11.5 Å². The first-order valence-electron chi connectivity index (χ1n) is 14.7. The van der Waals surface area contributed by atoms with Crippen molar-refractivity contribution in [1.82, 2.24) is 24.4 Å². The number of benzene rings is 2. The van der Waals surface area contributed by atoms with E-state index in [0.717, 1.165) is 62.2 Å². The molecule has 8 rings (SSSR count). The molecule has 2 aliphatic heterocycles. The molecule has 10 heteroatoms. The van der Waals surface area contributed by atoms with Crippen molar-refractivity contribution in [2.75, 3.05) is 32.0 Å². The first-order valence-corrected chi connectivity index (χ1v) is 14.7. The van der Waals surface area contributed by atoms with E-state index in [1.54, 1.807) is 24.4 Å². The zero-order valence-electron chi connectivity index (χ0n) is 23.5. The van der Waals surface area contributed by atoms with Crippen molar-refractivity contribution in [2.45, 2.75) is 37.8 Å². The lowest BCUT2D eigenvalue weighted by Crippen LogP contribution is -2.50. The van der Waals surface area contributed by atoms with E-state index in [2.05, 4.69) is 25.9 Å². The van der Waals surface area contributed by atoms with Crippen molar-refractivity contribution in [3.05, 3.63) is 87.7 Å². The highest BCUT2D eigenvalue weighted by Gasteiger charge is 2.28. The number of nitrogen functional groups attached to an aromatic ring is 1. The number of aromatic nitrogens is 4. The molecule has 3 aromatic heterocycles. The van der Waals surface area contributed by atoms with Crippen molar-refractivity contribution >= 4 is 33.3 Å². The first-order chi connectivity index (χ1) is 21.0. The second kappa shape index (κ2) is 10.1. The number of aliphatic hydroxyl groups excluding tert-OH is 1. The van der Waals surface area contributed by atoms with Gasteiger partial charge in [0.25, 0.3) is 5.56 Å². The Labute approximate surface area is 246 Å². The molecule has 1 aliphatic carbocycles. The number of pyridine rings is 1. The average molecular weight is 579 g/mol. The molecule has 5 aromatic rings. The summed E-state index contributed by atoms with van der Waals surface area (Å²) in [7, 11) is 0. The van der Waals surface area contributed by atoms with Gasteiger partial charge in [-0.25, -0.2) is 9.37 Å². The number of aliphatic hydroxyl groups is 1. The minimum atomic E-state index is -0.522. The molecule has 0 amide bonds. The van der Waals surface area contributed by atoms with E-state index in [1.807, 2.05) is 18.2 Å². The summed E-state index contributed by atoms with van der Waals surface area (Å²) < 4.78 is 22.0. The summed E-state index contributed by atoms with van der Waals surface area (Å²) in [6.45, 7) is 3.03. The predicted molar refractivity (Wildman–Crippen MR) is 163 cm³/mol. The summed E-state index contributed by atoms with van der Waals surface area (Å²) in [5, 5.41) is 12.0. The highest BCUT2D eigenvalue weighted by molar-refractivity contribution is 5.95. The molecule has 1 saturated carbocycles. The molecule has 218 valence electrons. The third-order valence-corrected chi connectivity index (χ3v) is 9.08. The number of hydrogen-bond donors (Lipinski definition) is 3. The van der Waals surface area contributed by atoms with E-state index in [0.29, 0.717) is 45.5 Å². The molecule has 0 atom stereocenters. The summed E-state index contributed by atoms with van der Waals surface area (Å²) in [4.78, 5) is 28.6. The van der Waals surface area contributed by atoms with Gasteiger partial charge in [-0.15, -0.1) is 0 Å². The molecule has 0 radical (unpaired) electrons. The third kappa shape index (κ3) is 4.45. The van der Waals surface area contributed by atoms with Gasteiger partial charge in [0.15, 0.2) is 0 Å². The number of H-pyrrole nitrogens is 1. The maximum atomic E-state index is 15.3. The molecule has 0 unspecified atom stereocenters. The van der Waals surface area contributed by atoms with Crippen molar-refractivity contribution in [3.63, 3.8) is 0 Å². The number of ether oxygens (including phenoxy) is 1. The van der Waals surface area contributed by atoms with Crippen LogP contribution in [0.2, 0.25) is 0 Å². The highest BCUT2D eigenvalue weighted by atomic mass is 19.1. The van der Waals surface area contributed by atoms with Crippen LogP contribution in [0, 0.1) is 5.82 Å². The van der Waals surface area contributed by atoms with Gasteiger partial charge in [-0.05, 0) is 66.0 Å². The monoisotopic (exact) mass is 578 g/mol. The number of rotatable bonds is 6. The maximum Gasteiger partial charge on any atom is 0.265 e. The van der Waals surface area contributed by atoms with Crippen LogP contribution in [0.1, 0.15) is 42.0 Å². The molecule has 0 spiro atoms. The molecule has 2 aromatic carbocycles. The van der Waals surface area contributed by atoms with Gasteiger partial charge in [0.05, 0.1) is 42.6 Å². The Morgan fingerprint density at radius 3 is 2.72 bits per heavy atom. The van der Waals surface area contributed by atoms with Crippen LogP contribution in [0.3, 0.4) is 0 Å². The van der Waals surface area contributed by atoms with Gasteiger partial charge in [-0.3, -0.25) is 14.3 Å². The van der Waals surface area contributed by atoms with Crippen LogP contribution in [-0.4, -0.2) is 61.9 Å². The van der Waals surface area contributed by atoms with Crippen molar-refractivity contribution < 1.29 is 14.2 Å². The number of halogens is 1. The van der Waals surface area contributed by atoms with Crippen LogP contribution < -0.4 is 11.3 Å². The smallest absolute Gasteiger partial charge is 0.265 e. The summed E-state index contributed by atoms with van der Waals surface area (Å²) in [6, 6.07) is 13.1. The molecule has 2 fully saturated rings. The fourth-order valence-electron chi connectivity index (χ4n) is 6.48. The fraction of sp³-hybridized carbons (Fsp3) is 0.303. The Kier molecular flexibility index (Phi) is 6.18. The Hall–Kier alpha value is -4.38. The third-order valence-electron chi connectivity index (χ3n) is 9.08. The van der Waals surface area contributed by atoms with Crippen LogP contribution in [-0.2, 0) is 11.3 Å². The molecule has 1 saturated heterocycles. The summed E-state index contributed by atoms with van der Waals surface area (Å²) in [5.74, 6) is -0.0567. The average Bonchev–Trinajstić information content (AvgIpc) is 3.75. The lowest BCUT2D eigenvalue weighted by Gasteiger charge is -2.38. The lowest BCUT2D eigenvalue weighted by atomic mass is 9.99. The molecule has 9 nitrogen and oxygen atoms in total. The zero-order valence-corrected chi connectivity index (χ0v) is 23.5. The molecule has 4 N–H and O–H groups in total. The standard InChI is InChI=1S/C33H31FN6O3/c34-26-13-21(18-4-5-18)12-20-8-11-40(32(42)29(20)26)28-3-1-2-23(25(28)15-41)30-24-14-27(36-31(24)38-33(35)37-30)19-6-9-39(10-7-19)22-16-43-17-22/h1-3,6,8,11-14,18,22,41H,4-5,7,9-10,15-17H2,(H3,35,36,37,38). The van der Waals surface area contributed by atoms with Gasteiger partial charge in [-0.2, -0.15) is 4.98 Å². The summed E-state index contributed by atoms with van der Waals surface area (Å²) >= 11 is 0. The number of nitrogens with two attached hydrogens (primary N) is 1. The second-order valence-corrected chi connectivity index (χ2v) is 11.7. The first kappa shape index (κ1) is 26.3. The number of hydrogen-bond acceptors (Lipinski definition) is 7. The van der Waals surface area contributed by atoms with Gasteiger partial charge < -0.3 is 20.6 Å². The Bertz CT molecular complexity index is 2010. The molecular formula is C33H31FN6O3. The normalized spacial score (nSPS) is 17.9. The number of fused-ring (bicyclic) bond motifs is 2. The van der Waals surface area contributed by atoms with Crippen molar-refractivity contribution in [3.8, 4) is 16.9 Å². The van der Waals surface area contributed by atoms with Gasteiger partial charge in [0, 0.05) is 41.5 Å². The summed E-state index contributed by atoms with van der Waals surface area (Å²) in [6.07, 6.45) is 6.87. The number of nitrogens with zero attached hydrogens (tertiary/aromatic N) is 4. The molecule has 5 heterocycles. The van der Waals surface area contributed by atoms with E-state index in [-0.39, 0.29) is 17.9 Å². The minimum absolute atomic E-state index is 0.0364. The van der Waals surface area contributed by atoms with E-state index in [9.17, 15) is 9.90 Å². The molecule has 43 heavy (non-hydrogen) atoms. The molecule has 3 aliphatic rings. The van der Waals surface area contributed by atoms with Crippen LogP contribution in [0.15, 0.2) is 59.5 Å². The maximum absolute atomic E-state index is 15.3. The van der Waals surface area contributed by atoms with Crippen molar-refractivity contribution in [2.24, 2.45) is 0 Å². The molecule has 0 bridgehead atoms. The van der Waals surface area contributed by atoms with Crippen LogP contribution >= 0.6 is 0 Å². The van der Waals surface area contributed by atoms with Crippen LogP contribution in [0.4, 0.5) is 10.3 Å². The predicted octanol–water partition coefficient (Wildman–Crippen LogP) is 4.51. The van der Waals surface area contributed by atoms with Gasteiger partial charge >= 0.3 is 0 Å². The highest BCUT2D eigenvalue weighted by Crippen LogP contribution is 2.41. The minimum Gasteiger partial charge on any atom is -0.392 e. The largest absolute Gasteiger partial charge is 0.392 e. The van der Waals surface area contributed by atoms with Crippen molar-refractivity contribution in [1.29, 1.82) is 0 Å². The summed E-state index contributed by atoms with van der Waals surface area (Å²) in [5.41, 5.74) is 11.5. The quantitative estimate of drug-likeness (QED) is 0.271. The number of nitrogens with one attached hydrogen (secondary N) is 1. The van der Waals surface area contributed by atoms with E-state index in [1.165, 1.54) is 16.2 Å². The number of anilines is 1. The Morgan fingerprint density at radius 2 is 2.00 bits per heavy atom. The Balaban J connectivity index is 1.22. The van der Waals surface area contributed by atoms with Crippen LogP contribution in [0.5, 0.6) is 0 Å². The SMILES string of the molecule is Nc1nc(-c2cccc(-n3ccc4cc(C5CC5)cc(F)c4c3=O)c2CO)c2cc(C3=CCN(C4COC4)CC3)[nH]c2n1. The topological polar surface area (TPSA) is 122 Å². The fourth-order valence-corrected chi connectivity index (χ4v) is 6.48. The number of aromatic amines is 1.